The quantitative estimate of drug-likeness (QED) is 0.788. The topological polar surface area (TPSA) is 79.1 Å². The van der Waals surface area contributed by atoms with Gasteiger partial charge >= 0.3 is 0 Å². The van der Waals surface area contributed by atoms with Gasteiger partial charge in [0.15, 0.2) is 0 Å². The Morgan fingerprint density at radius 3 is 2.44 bits per heavy atom. The number of para-hydroxylation sites is 1. The van der Waals surface area contributed by atoms with Crippen molar-refractivity contribution in [3.05, 3.63) is 48.0 Å². The van der Waals surface area contributed by atoms with E-state index in [2.05, 4.69) is 6.07 Å². The van der Waals surface area contributed by atoms with Crippen molar-refractivity contribution in [2.45, 2.75) is 0 Å². The first-order valence-corrected chi connectivity index (χ1v) is 5.51. The van der Waals surface area contributed by atoms with Crippen molar-refractivity contribution < 1.29 is 0 Å². The fraction of sp³-hybridized carbons (Fsp3) is 0.0714. The number of hydrogen-bond acceptors (Lipinski definition) is 4. The lowest BCUT2D eigenvalue weighted by atomic mass is 10.1. The van der Waals surface area contributed by atoms with Gasteiger partial charge in [-0.1, -0.05) is 12.1 Å². The lowest BCUT2D eigenvalue weighted by Gasteiger charge is -2.21. The fourth-order valence-electron chi connectivity index (χ4n) is 1.77. The highest BCUT2D eigenvalue weighted by Crippen LogP contribution is 2.29. The van der Waals surface area contributed by atoms with E-state index in [-0.39, 0.29) is 0 Å². The minimum absolute atomic E-state index is 0.536. The normalized spacial score (nSPS) is 9.78. The van der Waals surface area contributed by atoms with Gasteiger partial charge in [0.1, 0.15) is 6.07 Å². The second-order valence-corrected chi connectivity index (χ2v) is 4.00. The molecule has 4 nitrogen and oxygen atoms in total. The van der Waals surface area contributed by atoms with Crippen molar-refractivity contribution in [2.75, 3.05) is 23.4 Å². The third-order valence-electron chi connectivity index (χ3n) is 2.84. The molecule has 0 aliphatic heterocycles. The molecule has 0 aliphatic rings. The molecule has 90 valence electrons. The summed E-state index contributed by atoms with van der Waals surface area (Å²) in [6.07, 6.45) is 0. The molecule has 18 heavy (non-hydrogen) atoms. The molecule has 4 heteroatoms. The summed E-state index contributed by atoms with van der Waals surface area (Å²) in [6.45, 7) is 0. The van der Waals surface area contributed by atoms with Gasteiger partial charge < -0.3 is 16.4 Å². The fourth-order valence-corrected chi connectivity index (χ4v) is 1.77. The molecular formula is C14H14N4. The summed E-state index contributed by atoms with van der Waals surface area (Å²) in [5.41, 5.74) is 14.9. The van der Waals surface area contributed by atoms with Gasteiger partial charge in [0.05, 0.1) is 22.6 Å². The summed E-state index contributed by atoms with van der Waals surface area (Å²) < 4.78 is 0. The summed E-state index contributed by atoms with van der Waals surface area (Å²) in [4.78, 5) is 1.91. The molecule has 0 saturated heterocycles. The highest BCUT2D eigenvalue weighted by Gasteiger charge is 2.09. The van der Waals surface area contributed by atoms with Crippen molar-refractivity contribution in [1.82, 2.24) is 0 Å². The van der Waals surface area contributed by atoms with Gasteiger partial charge in [-0.3, -0.25) is 0 Å². The van der Waals surface area contributed by atoms with Crippen LogP contribution in [0.25, 0.3) is 0 Å². The maximum atomic E-state index is 9.09. The van der Waals surface area contributed by atoms with Gasteiger partial charge in [-0.05, 0) is 30.3 Å². The molecule has 0 bridgehead atoms. The number of nitrogens with two attached hydrogens (primary N) is 2. The van der Waals surface area contributed by atoms with Gasteiger partial charge in [0.25, 0.3) is 0 Å². The molecule has 2 rings (SSSR count). The zero-order chi connectivity index (χ0) is 13.1. The summed E-state index contributed by atoms with van der Waals surface area (Å²) in [6, 6.07) is 15.0. The minimum Gasteiger partial charge on any atom is -0.397 e. The molecular weight excluding hydrogens is 224 g/mol. The van der Waals surface area contributed by atoms with E-state index in [4.69, 9.17) is 16.7 Å². The van der Waals surface area contributed by atoms with Crippen LogP contribution in [0.15, 0.2) is 42.5 Å². The molecule has 0 heterocycles. The van der Waals surface area contributed by atoms with Gasteiger partial charge in [0.2, 0.25) is 0 Å². The number of nitrogen functional groups attached to an aromatic ring is 2. The predicted molar refractivity (Wildman–Crippen MR) is 74.5 cm³/mol. The smallest absolute Gasteiger partial charge is 0.101 e. The van der Waals surface area contributed by atoms with Crippen LogP contribution < -0.4 is 16.4 Å². The first-order valence-electron chi connectivity index (χ1n) is 5.51. The van der Waals surface area contributed by atoms with Crippen LogP contribution in [0.1, 0.15) is 5.56 Å². The molecule has 0 radical (unpaired) electrons. The summed E-state index contributed by atoms with van der Waals surface area (Å²) >= 11 is 0. The van der Waals surface area contributed by atoms with Crippen molar-refractivity contribution in [2.24, 2.45) is 0 Å². The number of rotatable bonds is 2. The number of nitrogens with zero attached hydrogens (tertiary/aromatic N) is 2. The average Bonchev–Trinajstić information content (AvgIpc) is 2.41. The minimum atomic E-state index is 0.536. The van der Waals surface area contributed by atoms with E-state index in [0.29, 0.717) is 16.9 Å². The Hall–Kier alpha value is -2.67. The Labute approximate surface area is 106 Å². The predicted octanol–water partition coefficient (Wildman–Crippen LogP) is 2.49. The molecule has 0 aromatic heterocycles. The summed E-state index contributed by atoms with van der Waals surface area (Å²) in [7, 11) is 1.89. The van der Waals surface area contributed by atoms with Gasteiger partial charge in [-0.15, -0.1) is 0 Å². The van der Waals surface area contributed by atoms with E-state index in [1.807, 2.05) is 36.2 Å². The molecule has 2 aromatic carbocycles. The Morgan fingerprint density at radius 2 is 1.78 bits per heavy atom. The van der Waals surface area contributed by atoms with E-state index in [1.165, 1.54) is 0 Å². The van der Waals surface area contributed by atoms with Crippen molar-refractivity contribution in [1.29, 1.82) is 5.26 Å². The van der Waals surface area contributed by atoms with Crippen LogP contribution >= 0.6 is 0 Å². The standard InChI is InChI=1S/C14H14N4/c1-18(11-6-7-12(16)13(17)8-11)14-5-3-2-4-10(14)9-15/h2-8H,16-17H2,1H3. The largest absolute Gasteiger partial charge is 0.397 e. The number of nitriles is 1. The first-order chi connectivity index (χ1) is 8.63. The zero-order valence-electron chi connectivity index (χ0n) is 10.1. The van der Waals surface area contributed by atoms with Crippen LogP contribution in [-0.2, 0) is 0 Å². The average molecular weight is 238 g/mol. The number of hydrogen-bond donors (Lipinski definition) is 2. The molecule has 2 aromatic rings. The molecule has 0 unspecified atom stereocenters. The molecule has 0 atom stereocenters. The van der Waals surface area contributed by atoms with Crippen LogP contribution in [-0.4, -0.2) is 7.05 Å². The molecule has 0 amide bonds. The number of benzene rings is 2. The van der Waals surface area contributed by atoms with E-state index >= 15 is 0 Å². The third kappa shape index (κ3) is 2.06. The number of anilines is 4. The molecule has 0 saturated carbocycles. The van der Waals surface area contributed by atoms with Gasteiger partial charge in [-0.25, -0.2) is 0 Å². The Bertz CT molecular complexity index is 613. The van der Waals surface area contributed by atoms with Crippen molar-refractivity contribution in [3.8, 4) is 6.07 Å². The lowest BCUT2D eigenvalue weighted by molar-refractivity contribution is 1.20. The van der Waals surface area contributed by atoms with Gasteiger partial charge in [-0.2, -0.15) is 5.26 Å². The third-order valence-corrected chi connectivity index (χ3v) is 2.84. The monoisotopic (exact) mass is 238 g/mol. The van der Waals surface area contributed by atoms with Gasteiger partial charge in [0, 0.05) is 12.7 Å². The first kappa shape index (κ1) is 11.8. The second-order valence-electron chi connectivity index (χ2n) is 4.00. The maximum Gasteiger partial charge on any atom is 0.101 e. The molecule has 0 fully saturated rings. The Kier molecular flexibility index (Phi) is 3.07. The summed E-state index contributed by atoms with van der Waals surface area (Å²) in [5.74, 6) is 0. The van der Waals surface area contributed by atoms with Crippen molar-refractivity contribution >= 4 is 22.7 Å². The van der Waals surface area contributed by atoms with E-state index in [1.54, 1.807) is 18.2 Å². The van der Waals surface area contributed by atoms with Crippen LogP contribution in [0.2, 0.25) is 0 Å². The lowest BCUT2D eigenvalue weighted by Crippen LogP contribution is -2.11. The van der Waals surface area contributed by atoms with Crippen LogP contribution in [0.4, 0.5) is 22.7 Å². The zero-order valence-corrected chi connectivity index (χ0v) is 10.1. The SMILES string of the molecule is CN(c1ccc(N)c(N)c1)c1ccccc1C#N. The highest BCUT2D eigenvalue weighted by molar-refractivity contribution is 5.75. The Morgan fingerprint density at radius 1 is 1.06 bits per heavy atom. The van der Waals surface area contributed by atoms with Crippen LogP contribution in [0.3, 0.4) is 0 Å². The van der Waals surface area contributed by atoms with E-state index in [9.17, 15) is 0 Å². The van der Waals surface area contributed by atoms with Crippen molar-refractivity contribution in [3.63, 3.8) is 0 Å². The Balaban J connectivity index is 2.45. The van der Waals surface area contributed by atoms with E-state index < -0.39 is 0 Å². The summed E-state index contributed by atoms with van der Waals surface area (Å²) in [5, 5.41) is 9.09. The second kappa shape index (κ2) is 4.68. The maximum absolute atomic E-state index is 9.09. The molecule has 4 N–H and O–H groups in total. The highest BCUT2D eigenvalue weighted by atomic mass is 15.1. The molecule has 0 spiro atoms. The molecule has 0 aliphatic carbocycles. The van der Waals surface area contributed by atoms with Crippen LogP contribution in [0, 0.1) is 11.3 Å². The van der Waals surface area contributed by atoms with E-state index in [0.717, 1.165) is 11.4 Å². The van der Waals surface area contributed by atoms with Crippen LogP contribution in [0.5, 0.6) is 0 Å².